The SMILES string of the molecule is C1CNCCN1.Cc1ccc(O)c2ncccc12.Cc1ccc(O)c2ncccc12. The summed E-state index contributed by atoms with van der Waals surface area (Å²) in [5.74, 6) is 0.493. The second-order valence-electron chi connectivity index (χ2n) is 7.10. The van der Waals surface area contributed by atoms with Crippen LogP contribution in [-0.4, -0.2) is 46.4 Å². The van der Waals surface area contributed by atoms with Crippen LogP contribution in [0.15, 0.2) is 60.9 Å². The lowest BCUT2D eigenvalue weighted by molar-refractivity contribution is 0.480. The molecule has 0 spiro atoms. The summed E-state index contributed by atoms with van der Waals surface area (Å²) in [5.41, 5.74) is 3.63. The standard InChI is InChI=1S/2C10H9NO.C4H10N2/c2*1-7-4-5-9(12)10-8(7)3-2-6-11-10;1-2-6-4-3-5-1/h2*2-6,12H,1H3;5-6H,1-4H2. The summed E-state index contributed by atoms with van der Waals surface area (Å²) in [7, 11) is 0. The lowest BCUT2D eigenvalue weighted by Gasteiger charge is -2.11. The van der Waals surface area contributed by atoms with Gasteiger partial charge in [-0.2, -0.15) is 0 Å². The van der Waals surface area contributed by atoms with E-state index in [2.05, 4.69) is 20.6 Å². The molecule has 1 aliphatic heterocycles. The van der Waals surface area contributed by atoms with Crippen molar-refractivity contribution < 1.29 is 10.2 Å². The van der Waals surface area contributed by atoms with Gasteiger partial charge in [0.15, 0.2) is 0 Å². The van der Waals surface area contributed by atoms with E-state index in [1.165, 1.54) is 0 Å². The molecule has 0 bridgehead atoms. The Labute approximate surface area is 176 Å². The maximum atomic E-state index is 9.43. The smallest absolute Gasteiger partial charge is 0.141 e. The fraction of sp³-hybridized carbons (Fsp3) is 0.250. The van der Waals surface area contributed by atoms with E-state index in [0.29, 0.717) is 11.0 Å². The van der Waals surface area contributed by atoms with Crippen LogP contribution in [-0.2, 0) is 0 Å². The number of hydrogen-bond acceptors (Lipinski definition) is 6. The van der Waals surface area contributed by atoms with Gasteiger partial charge >= 0.3 is 0 Å². The van der Waals surface area contributed by atoms with Gasteiger partial charge in [-0.1, -0.05) is 24.3 Å². The molecule has 4 N–H and O–H groups in total. The molecular formula is C24H28N4O2. The van der Waals surface area contributed by atoms with Crippen LogP contribution < -0.4 is 10.6 Å². The molecule has 0 atom stereocenters. The molecule has 1 aliphatic rings. The lowest BCUT2D eigenvalue weighted by atomic mass is 10.1. The van der Waals surface area contributed by atoms with Crippen molar-refractivity contribution in [3.8, 4) is 11.5 Å². The number of phenols is 2. The number of aromatic nitrogens is 2. The number of aromatic hydroxyl groups is 2. The number of nitrogens with zero attached hydrogens (tertiary/aromatic N) is 2. The molecule has 3 heterocycles. The number of hydrogen-bond donors (Lipinski definition) is 4. The zero-order valence-corrected chi connectivity index (χ0v) is 17.4. The Morgan fingerprint density at radius 2 is 1.03 bits per heavy atom. The number of benzene rings is 2. The van der Waals surface area contributed by atoms with E-state index in [4.69, 9.17) is 0 Å². The van der Waals surface area contributed by atoms with Gasteiger partial charge < -0.3 is 20.8 Å². The zero-order chi connectivity index (χ0) is 21.3. The van der Waals surface area contributed by atoms with Crippen molar-refractivity contribution in [2.24, 2.45) is 0 Å². The van der Waals surface area contributed by atoms with Crippen molar-refractivity contribution in [1.82, 2.24) is 20.6 Å². The molecule has 1 fully saturated rings. The molecule has 0 saturated carbocycles. The second-order valence-corrected chi connectivity index (χ2v) is 7.10. The molecule has 0 radical (unpaired) electrons. The highest BCUT2D eigenvalue weighted by atomic mass is 16.3. The fourth-order valence-electron chi connectivity index (χ4n) is 3.20. The van der Waals surface area contributed by atoms with Gasteiger partial charge in [-0.3, -0.25) is 9.97 Å². The third-order valence-electron chi connectivity index (χ3n) is 4.89. The first-order valence-electron chi connectivity index (χ1n) is 10.1. The molecule has 2 aromatic carbocycles. The van der Waals surface area contributed by atoms with Crippen molar-refractivity contribution in [3.63, 3.8) is 0 Å². The highest BCUT2D eigenvalue weighted by Crippen LogP contribution is 2.25. The Bertz CT molecular complexity index is 935. The van der Waals surface area contributed by atoms with E-state index in [1.807, 2.05) is 50.2 Å². The minimum Gasteiger partial charge on any atom is -0.506 e. The molecule has 0 amide bonds. The van der Waals surface area contributed by atoms with Gasteiger partial charge in [-0.25, -0.2) is 0 Å². The number of rotatable bonds is 0. The van der Waals surface area contributed by atoms with Gasteiger partial charge in [0.1, 0.15) is 22.5 Å². The molecular weight excluding hydrogens is 376 g/mol. The highest BCUT2D eigenvalue weighted by molar-refractivity contribution is 5.87. The van der Waals surface area contributed by atoms with Crippen molar-refractivity contribution in [2.75, 3.05) is 26.2 Å². The first kappa shape index (κ1) is 21.5. The average molecular weight is 405 g/mol. The average Bonchev–Trinajstić information content (AvgIpc) is 2.81. The Kier molecular flexibility index (Phi) is 7.54. The summed E-state index contributed by atoms with van der Waals surface area (Å²) in [5, 5.41) is 27.3. The predicted molar refractivity (Wildman–Crippen MR) is 122 cm³/mol. The topological polar surface area (TPSA) is 90.3 Å². The summed E-state index contributed by atoms with van der Waals surface area (Å²) >= 11 is 0. The predicted octanol–water partition coefficient (Wildman–Crippen LogP) is 3.68. The normalized spacial score (nSPS) is 13.1. The Morgan fingerprint density at radius 1 is 0.633 bits per heavy atom. The van der Waals surface area contributed by atoms with Crippen molar-refractivity contribution >= 4 is 21.8 Å². The quantitative estimate of drug-likeness (QED) is 0.357. The number of phenolic OH excluding ortho intramolecular Hbond substituents is 2. The maximum Gasteiger partial charge on any atom is 0.141 e. The number of fused-ring (bicyclic) bond motifs is 2. The fourth-order valence-corrected chi connectivity index (χ4v) is 3.20. The maximum absolute atomic E-state index is 9.43. The van der Waals surface area contributed by atoms with Crippen LogP contribution in [0.3, 0.4) is 0 Å². The van der Waals surface area contributed by atoms with Crippen LogP contribution >= 0.6 is 0 Å². The van der Waals surface area contributed by atoms with Gasteiger partial charge in [-0.15, -0.1) is 0 Å². The zero-order valence-electron chi connectivity index (χ0n) is 17.4. The third-order valence-corrected chi connectivity index (χ3v) is 4.89. The third kappa shape index (κ3) is 5.43. The first-order valence-corrected chi connectivity index (χ1v) is 10.1. The van der Waals surface area contributed by atoms with Crippen molar-refractivity contribution in [2.45, 2.75) is 13.8 Å². The van der Waals surface area contributed by atoms with Crippen LogP contribution in [0.25, 0.3) is 21.8 Å². The summed E-state index contributed by atoms with van der Waals surface area (Å²) in [6.07, 6.45) is 3.36. The highest BCUT2D eigenvalue weighted by Gasteiger charge is 2.02. The van der Waals surface area contributed by atoms with E-state index in [1.54, 1.807) is 24.5 Å². The second kappa shape index (κ2) is 10.5. The molecule has 1 saturated heterocycles. The van der Waals surface area contributed by atoms with Crippen LogP contribution in [0.1, 0.15) is 11.1 Å². The summed E-state index contributed by atoms with van der Waals surface area (Å²) in [4.78, 5) is 8.18. The van der Waals surface area contributed by atoms with Gasteiger partial charge in [0.2, 0.25) is 0 Å². The first-order chi connectivity index (χ1) is 14.6. The van der Waals surface area contributed by atoms with E-state index >= 15 is 0 Å². The summed E-state index contributed by atoms with van der Waals surface area (Å²) in [6.45, 7) is 8.56. The lowest BCUT2D eigenvalue weighted by Crippen LogP contribution is -2.39. The molecule has 6 nitrogen and oxygen atoms in total. The van der Waals surface area contributed by atoms with Gasteiger partial charge in [0.05, 0.1) is 0 Å². The Morgan fingerprint density at radius 3 is 1.37 bits per heavy atom. The summed E-state index contributed by atoms with van der Waals surface area (Å²) in [6, 6.07) is 14.8. The van der Waals surface area contributed by atoms with Gasteiger partial charge in [-0.05, 0) is 49.2 Å². The Balaban J connectivity index is 0.000000136. The van der Waals surface area contributed by atoms with Crippen LogP contribution in [0.4, 0.5) is 0 Å². The monoisotopic (exact) mass is 404 g/mol. The van der Waals surface area contributed by atoms with Crippen LogP contribution in [0.2, 0.25) is 0 Å². The summed E-state index contributed by atoms with van der Waals surface area (Å²) < 4.78 is 0. The molecule has 0 unspecified atom stereocenters. The molecule has 0 aliphatic carbocycles. The number of aryl methyl sites for hydroxylation is 2. The van der Waals surface area contributed by atoms with E-state index in [-0.39, 0.29) is 11.5 Å². The minimum absolute atomic E-state index is 0.246. The number of piperazine rings is 1. The number of pyridine rings is 2. The molecule has 5 rings (SSSR count). The van der Waals surface area contributed by atoms with Crippen LogP contribution in [0, 0.1) is 13.8 Å². The van der Waals surface area contributed by atoms with Crippen LogP contribution in [0.5, 0.6) is 11.5 Å². The van der Waals surface area contributed by atoms with Gasteiger partial charge in [0, 0.05) is 49.3 Å². The van der Waals surface area contributed by atoms with E-state index in [9.17, 15) is 10.2 Å². The van der Waals surface area contributed by atoms with Gasteiger partial charge in [0.25, 0.3) is 0 Å². The number of nitrogens with one attached hydrogen (secondary N) is 2. The largest absolute Gasteiger partial charge is 0.506 e. The van der Waals surface area contributed by atoms with Crippen molar-refractivity contribution in [3.05, 3.63) is 72.1 Å². The van der Waals surface area contributed by atoms with E-state index < -0.39 is 0 Å². The van der Waals surface area contributed by atoms with Crippen molar-refractivity contribution in [1.29, 1.82) is 0 Å². The molecule has 4 aromatic rings. The minimum atomic E-state index is 0.246. The molecule has 6 heteroatoms. The Hall–Kier alpha value is -3.22. The molecule has 30 heavy (non-hydrogen) atoms. The molecule has 156 valence electrons. The molecule has 2 aromatic heterocycles. The van der Waals surface area contributed by atoms with E-state index in [0.717, 1.165) is 48.1 Å².